The minimum Gasteiger partial charge on any atom is -0.493 e. The highest BCUT2D eigenvalue weighted by atomic mass is 16.5. The lowest BCUT2D eigenvalue weighted by Crippen LogP contribution is -2.16. The topological polar surface area (TPSA) is 18.5 Å². The molecule has 0 aliphatic carbocycles. The molecule has 0 amide bonds. The zero-order valence-corrected chi connectivity index (χ0v) is 10.9. The predicted molar refractivity (Wildman–Crippen MR) is 67.2 cm³/mol. The summed E-state index contributed by atoms with van der Waals surface area (Å²) in [7, 11) is 0. The molecule has 0 aromatic heterocycles. The lowest BCUT2D eigenvalue weighted by atomic mass is 9.99. The highest BCUT2D eigenvalue weighted by molar-refractivity contribution is 5.33. The van der Waals surface area contributed by atoms with Gasteiger partial charge in [0, 0.05) is 6.07 Å². The Morgan fingerprint density at radius 1 is 1.12 bits per heavy atom. The van der Waals surface area contributed by atoms with Gasteiger partial charge in [0.15, 0.2) is 0 Å². The fourth-order valence-electron chi connectivity index (χ4n) is 1.21. The molecule has 2 heteroatoms. The van der Waals surface area contributed by atoms with Crippen molar-refractivity contribution >= 4 is 0 Å². The van der Waals surface area contributed by atoms with Gasteiger partial charge in [0.05, 0.1) is 12.7 Å². The predicted octanol–water partition coefficient (Wildman–Crippen LogP) is 3.90. The van der Waals surface area contributed by atoms with Crippen LogP contribution in [0.3, 0.4) is 0 Å². The molecule has 1 aromatic rings. The Morgan fingerprint density at radius 3 is 2.31 bits per heavy atom. The van der Waals surface area contributed by atoms with Crippen molar-refractivity contribution in [1.29, 1.82) is 0 Å². The first-order valence-corrected chi connectivity index (χ1v) is 5.76. The van der Waals surface area contributed by atoms with Crippen LogP contribution in [0, 0.1) is 5.41 Å². The van der Waals surface area contributed by atoms with Gasteiger partial charge in [0.25, 0.3) is 0 Å². The molecule has 0 aliphatic rings. The van der Waals surface area contributed by atoms with E-state index in [1.807, 2.05) is 38.1 Å². The average molecular weight is 222 g/mol. The Morgan fingerprint density at radius 2 is 1.75 bits per heavy atom. The fraction of sp³-hybridized carbons (Fsp3) is 0.571. The number of hydrogen-bond acceptors (Lipinski definition) is 2. The van der Waals surface area contributed by atoms with Crippen LogP contribution in [0.2, 0.25) is 0 Å². The lowest BCUT2D eigenvalue weighted by Gasteiger charge is -2.19. The van der Waals surface area contributed by atoms with Gasteiger partial charge < -0.3 is 9.47 Å². The minimum absolute atomic E-state index is 0.176. The van der Waals surface area contributed by atoms with E-state index in [2.05, 4.69) is 20.8 Å². The Kier molecular flexibility index (Phi) is 4.22. The van der Waals surface area contributed by atoms with E-state index in [0.717, 1.165) is 11.5 Å². The highest BCUT2D eigenvalue weighted by Gasteiger charge is 2.11. The van der Waals surface area contributed by atoms with Gasteiger partial charge in [0.2, 0.25) is 0 Å². The zero-order chi connectivity index (χ0) is 12.2. The molecule has 0 unspecified atom stereocenters. The first-order chi connectivity index (χ1) is 7.37. The van der Waals surface area contributed by atoms with Crippen molar-refractivity contribution in [1.82, 2.24) is 0 Å². The molecular formula is C14H22O2. The third-order valence-electron chi connectivity index (χ3n) is 1.85. The Balaban J connectivity index is 2.60. The summed E-state index contributed by atoms with van der Waals surface area (Å²) in [5, 5.41) is 0. The van der Waals surface area contributed by atoms with Crippen LogP contribution in [-0.2, 0) is 0 Å². The molecule has 0 heterocycles. The summed E-state index contributed by atoms with van der Waals surface area (Å²) in [6.45, 7) is 11.2. The first kappa shape index (κ1) is 12.9. The first-order valence-electron chi connectivity index (χ1n) is 5.76. The lowest BCUT2D eigenvalue weighted by molar-refractivity contribution is 0.195. The normalized spacial score (nSPS) is 11.6. The van der Waals surface area contributed by atoms with Crippen LogP contribution >= 0.6 is 0 Å². The maximum absolute atomic E-state index is 5.71. The summed E-state index contributed by atoms with van der Waals surface area (Å²) in [5.74, 6) is 1.73. The van der Waals surface area contributed by atoms with Gasteiger partial charge in [0.1, 0.15) is 11.5 Å². The summed E-state index contributed by atoms with van der Waals surface area (Å²) in [6.07, 6.45) is 0.192. The van der Waals surface area contributed by atoms with Gasteiger partial charge in [-0.3, -0.25) is 0 Å². The molecule has 0 fully saturated rings. The quantitative estimate of drug-likeness (QED) is 0.769. The second-order valence-corrected chi connectivity index (χ2v) is 5.49. The molecule has 90 valence electrons. The standard InChI is InChI=1S/C14H22O2/c1-11(2)16-13-8-6-7-12(9-13)15-10-14(3,4)5/h6-9,11H,10H2,1-5H3. The van der Waals surface area contributed by atoms with Crippen LogP contribution in [0.1, 0.15) is 34.6 Å². The summed E-state index contributed by atoms with van der Waals surface area (Å²) >= 11 is 0. The average Bonchev–Trinajstić information content (AvgIpc) is 2.13. The van der Waals surface area contributed by atoms with Crippen molar-refractivity contribution in [2.75, 3.05) is 6.61 Å². The zero-order valence-electron chi connectivity index (χ0n) is 10.9. The molecule has 1 aromatic carbocycles. The van der Waals surface area contributed by atoms with E-state index in [1.54, 1.807) is 0 Å². The Hall–Kier alpha value is -1.18. The molecule has 2 nitrogen and oxygen atoms in total. The van der Waals surface area contributed by atoms with Gasteiger partial charge >= 0.3 is 0 Å². The van der Waals surface area contributed by atoms with Crippen molar-refractivity contribution in [3.63, 3.8) is 0 Å². The number of rotatable bonds is 4. The second kappa shape index (κ2) is 5.24. The molecule has 0 saturated heterocycles. The van der Waals surface area contributed by atoms with Crippen molar-refractivity contribution in [3.05, 3.63) is 24.3 Å². The number of hydrogen-bond donors (Lipinski definition) is 0. The maximum atomic E-state index is 5.71. The van der Waals surface area contributed by atoms with Crippen LogP contribution in [-0.4, -0.2) is 12.7 Å². The maximum Gasteiger partial charge on any atom is 0.123 e. The van der Waals surface area contributed by atoms with Crippen LogP contribution in [0.4, 0.5) is 0 Å². The van der Waals surface area contributed by atoms with Crippen molar-refractivity contribution in [2.45, 2.75) is 40.7 Å². The van der Waals surface area contributed by atoms with Crippen molar-refractivity contribution < 1.29 is 9.47 Å². The van der Waals surface area contributed by atoms with E-state index in [4.69, 9.17) is 9.47 Å². The van der Waals surface area contributed by atoms with Crippen LogP contribution < -0.4 is 9.47 Å². The van der Waals surface area contributed by atoms with Gasteiger partial charge in [-0.2, -0.15) is 0 Å². The SMILES string of the molecule is CC(C)Oc1cccc(OCC(C)(C)C)c1. The summed E-state index contributed by atoms with van der Waals surface area (Å²) in [4.78, 5) is 0. The van der Waals surface area contributed by atoms with E-state index in [0.29, 0.717) is 6.61 Å². The van der Waals surface area contributed by atoms with Crippen LogP contribution in [0.15, 0.2) is 24.3 Å². The third-order valence-corrected chi connectivity index (χ3v) is 1.85. The minimum atomic E-state index is 0.176. The highest BCUT2D eigenvalue weighted by Crippen LogP contribution is 2.22. The smallest absolute Gasteiger partial charge is 0.123 e. The molecule has 0 saturated carbocycles. The van der Waals surface area contributed by atoms with Gasteiger partial charge in [-0.1, -0.05) is 26.8 Å². The molecule has 1 rings (SSSR count). The molecular weight excluding hydrogens is 200 g/mol. The van der Waals surface area contributed by atoms with Crippen LogP contribution in [0.5, 0.6) is 11.5 Å². The molecule has 0 spiro atoms. The van der Waals surface area contributed by atoms with Gasteiger partial charge in [-0.15, -0.1) is 0 Å². The van der Waals surface area contributed by atoms with E-state index in [1.165, 1.54) is 0 Å². The van der Waals surface area contributed by atoms with Crippen molar-refractivity contribution in [2.24, 2.45) is 5.41 Å². The van der Waals surface area contributed by atoms with E-state index in [9.17, 15) is 0 Å². The largest absolute Gasteiger partial charge is 0.493 e. The number of benzene rings is 1. The molecule has 0 radical (unpaired) electrons. The molecule has 0 N–H and O–H groups in total. The van der Waals surface area contributed by atoms with Gasteiger partial charge in [-0.05, 0) is 31.4 Å². The Bertz CT molecular complexity index is 324. The Labute approximate surface area is 98.6 Å². The number of ether oxygens (including phenoxy) is 2. The van der Waals surface area contributed by atoms with E-state index < -0.39 is 0 Å². The summed E-state index contributed by atoms with van der Waals surface area (Å²) in [6, 6.07) is 7.80. The molecule has 16 heavy (non-hydrogen) atoms. The fourth-order valence-corrected chi connectivity index (χ4v) is 1.21. The summed E-state index contributed by atoms with van der Waals surface area (Å²) < 4.78 is 11.3. The summed E-state index contributed by atoms with van der Waals surface area (Å²) in [5.41, 5.74) is 0.176. The molecule has 0 aliphatic heterocycles. The second-order valence-electron chi connectivity index (χ2n) is 5.49. The molecule has 0 atom stereocenters. The monoisotopic (exact) mass is 222 g/mol. The third kappa shape index (κ3) is 5.06. The van der Waals surface area contributed by atoms with Gasteiger partial charge in [-0.25, -0.2) is 0 Å². The van der Waals surface area contributed by atoms with Crippen LogP contribution in [0.25, 0.3) is 0 Å². The van der Waals surface area contributed by atoms with E-state index >= 15 is 0 Å². The van der Waals surface area contributed by atoms with Crippen molar-refractivity contribution in [3.8, 4) is 11.5 Å². The van der Waals surface area contributed by atoms with E-state index in [-0.39, 0.29) is 11.5 Å². The molecule has 0 bridgehead atoms.